The Bertz CT molecular complexity index is 705. The summed E-state index contributed by atoms with van der Waals surface area (Å²) in [6.07, 6.45) is 2.91. The molecule has 0 aliphatic heterocycles. The standard InChI is InChI=1S/C16H18N4O2S/c1-11-15(22)14(13(10-21)8-17-11)9-19-20-16(23)18-7-12-5-3-2-4-6-12/h2-6,8-9,21-22H,7,10H2,1H3,(H2,18,20,23)/b19-9+. The summed E-state index contributed by atoms with van der Waals surface area (Å²) in [6, 6.07) is 9.84. The lowest BCUT2D eigenvalue weighted by Gasteiger charge is -2.08. The SMILES string of the molecule is Cc1ncc(CO)c(/C=N/NC(=S)NCc2ccccc2)c1O. The van der Waals surface area contributed by atoms with Gasteiger partial charge >= 0.3 is 0 Å². The van der Waals surface area contributed by atoms with Crippen molar-refractivity contribution in [3.05, 3.63) is 58.9 Å². The zero-order valence-electron chi connectivity index (χ0n) is 12.7. The summed E-state index contributed by atoms with van der Waals surface area (Å²) in [5.41, 5.74) is 5.15. The fraction of sp³-hybridized carbons (Fsp3) is 0.188. The van der Waals surface area contributed by atoms with Gasteiger partial charge in [0.2, 0.25) is 0 Å². The van der Waals surface area contributed by atoms with E-state index in [1.54, 1.807) is 6.92 Å². The summed E-state index contributed by atoms with van der Waals surface area (Å²) in [7, 11) is 0. The number of aliphatic hydroxyl groups excluding tert-OH is 1. The molecule has 0 saturated carbocycles. The summed E-state index contributed by atoms with van der Waals surface area (Å²) >= 11 is 5.13. The molecule has 0 aliphatic rings. The number of hydrogen-bond acceptors (Lipinski definition) is 5. The minimum atomic E-state index is -0.237. The van der Waals surface area contributed by atoms with E-state index < -0.39 is 0 Å². The fourth-order valence-corrected chi connectivity index (χ4v) is 2.02. The Labute approximate surface area is 139 Å². The summed E-state index contributed by atoms with van der Waals surface area (Å²) in [5, 5.41) is 26.6. The Morgan fingerprint density at radius 3 is 2.78 bits per heavy atom. The van der Waals surface area contributed by atoms with E-state index in [4.69, 9.17) is 12.2 Å². The van der Waals surface area contributed by atoms with Gasteiger partial charge in [-0.05, 0) is 24.7 Å². The van der Waals surface area contributed by atoms with Crippen molar-refractivity contribution in [3.63, 3.8) is 0 Å². The van der Waals surface area contributed by atoms with Gasteiger partial charge in [-0.3, -0.25) is 10.4 Å². The molecule has 0 radical (unpaired) electrons. The van der Waals surface area contributed by atoms with Gasteiger partial charge in [-0.2, -0.15) is 5.10 Å². The molecular formula is C16H18N4O2S. The first-order chi connectivity index (χ1) is 11.1. The smallest absolute Gasteiger partial charge is 0.187 e. The van der Waals surface area contributed by atoms with Crippen LogP contribution in [0.25, 0.3) is 0 Å². The maximum absolute atomic E-state index is 9.99. The van der Waals surface area contributed by atoms with Crippen LogP contribution in [0.1, 0.15) is 22.4 Å². The number of nitrogens with one attached hydrogen (secondary N) is 2. The number of aryl methyl sites for hydroxylation is 1. The van der Waals surface area contributed by atoms with Crippen LogP contribution in [0.15, 0.2) is 41.6 Å². The number of benzene rings is 1. The van der Waals surface area contributed by atoms with Gasteiger partial charge < -0.3 is 15.5 Å². The molecule has 7 heteroatoms. The molecule has 0 saturated heterocycles. The van der Waals surface area contributed by atoms with Crippen molar-refractivity contribution in [2.45, 2.75) is 20.1 Å². The molecule has 6 nitrogen and oxygen atoms in total. The fourth-order valence-electron chi connectivity index (χ4n) is 1.90. The van der Waals surface area contributed by atoms with E-state index in [-0.39, 0.29) is 12.4 Å². The molecule has 2 rings (SSSR count). The van der Waals surface area contributed by atoms with E-state index in [1.807, 2.05) is 30.3 Å². The average molecular weight is 330 g/mol. The Hall–Kier alpha value is -2.51. The van der Waals surface area contributed by atoms with E-state index in [9.17, 15) is 10.2 Å². The second-order valence-electron chi connectivity index (χ2n) is 4.83. The van der Waals surface area contributed by atoms with Gasteiger partial charge in [0.1, 0.15) is 5.75 Å². The second kappa shape index (κ2) is 8.21. The van der Waals surface area contributed by atoms with Crippen molar-refractivity contribution < 1.29 is 10.2 Å². The van der Waals surface area contributed by atoms with Crippen LogP contribution in [-0.2, 0) is 13.2 Å². The average Bonchev–Trinajstić information content (AvgIpc) is 2.58. The van der Waals surface area contributed by atoms with Gasteiger partial charge in [-0.1, -0.05) is 30.3 Å². The quantitative estimate of drug-likeness (QED) is 0.378. The van der Waals surface area contributed by atoms with Crippen LogP contribution in [0, 0.1) is 6.92 Å². The van der Waals surface area contributed by atoms with Gasteiger partial charge in [0.25, 0.3) is 0 Å². The number of aliphatic hydroxyl groups is 1. The molecule has 0 spiro atoms. The van der Waals surface area contributed by atoms with Crippen molar-refractivity contribution in [1.82, 2.24) is 15.7 Å². The number of nitrogens with zero attached hydrogens (tertiary/aromatic N) is 2. The van der Waals surface area contributed by atoms with E-state index in [0.29, 0.717) is 28.5 Å². The summed E-state index contributed by atoms with van der Waals surface area (Å²) < 4.78 is 0. The first-order valence-electron chi connectivity index (χ1n) is 7.01. The third-order valence-corrected chi connectivity index (χ3v) is 3.42. The summed E-state index contributed by atoms with van der Waals surface area (Å²) in [6.45, 7) is 2.02. The number of hydrogen-bond donors (Lipinski definition) is 4. The molecule has 120 valence electrons. The second-order valence-corrected chi connectivity index (χ2v) is 5.24. The van der Waals surface area contributed by atoms with Crippen LogP contribution in [0.4, 0.5) is 0 Å². The molecule has 1 aromatic carbocycles. The summed E-state index contributed by atoms with van der Waals surface area (Å²) in [5.74, 6) is -0.00902. The van der Waals surface area contributed by atoms with E-state index in [1.165, 1.54) is 12.4 Å². The monoisotopic (exact) mass is 330 g/mol. The molecule has 0 amide bonds. The zero-order valence-corrected chi connectivity index (χ0v) is 13.5. The number of rotatable bonds is 5. The van der Waals surface area contributed by atoms with Crippen LogP contribution < -0.4 is 10.7 Å². The number of hydrazone groups is 1. The summed E-state index contributed by atoms with van der Waals surface area (Å²) in [4.78, 5) is 3.99. The minimum Gasteiger partial charge on any atom is -0.505 e. The van der Waals surface area contributed by atoms with Crippen molar-refractivity contribution in [2.75, 3.05) is 0 Å². The normalized spacial score (nSPS) is 10.7. The lowest BCUT2D eigenvalue weighted by molar-refractivity contribution is 0.280. The van der Waals surface area contributed by atoms with Crippen LogP contribution >= 0.6 is 12.2 Å². The van der Waals surface area contributed by atoms with Crippen molar-refractivity contribution >= 4 is 23.5 Å². The Morgan fingerprint density at radius 2 is 2.09 bits per heavy atom. The van der Waals surface area contributed by atoms with Crippen LogP contribution in [0.5, 0.6) is 5.75 Å². The molecule has 0 unspecified atom stereocenters. The Morgan fingerprint density at radius 1 is 1.35 bits per heavy atom. The number of aromatic nitrogens is 1. The van der Waals surface area contributed by atoms with Gasteiger partial charge in [0.15, 0.2) is 5.11 Å². The number of aromatic hydroxyl groups is 1. The van der Waals surface area contributed by atoms with E-state index in [0.717, 1.165) is 5.56 Å². The third kappa shape index (κ3) is 4.73. The van der Waals surface area contributed by atoms with E-state index >= 15 is 0 Å². The molecule has 0 fully saturated rings. The van der Waals surface area contributed by atoms with Gasteiger partial charge in [-0.25, -0.2) is 0 Å². The maximum Gasteiger partial charge on any atom is 0.187 e. The van der Waals surface area contributed by atoms with Crippen LogP contribution in [0.2, 0.25) is 0 Å². The van der Waals surface area contributed by atoms with Gasteiger partial charge in [0.05, 0.1) is 18.5 Å². The van der Waals surface area contributed by atoms with Crippen LogP contribution in [0.3, 0.4) is 0 Å². The lowest BCUT2D eigenvalue weighted by atomic mass is 10.1. The number of pyridine rings is 1. The molecule has 2 aromatic rings. The Kier molecular flexibility index (Phi) is 6.02. The van der Waals surface area contributed by atoms with Crippen molar-refractivity contribution in [2.24, 2.45) is 5.10 Å². The molecule has 4 N–H and O–H groups in total. The molecular weight excluding hydrogens is 312 g/mol. The third-order valence-electron chi connectivity index (χ3n) is 3.18. The highest BCUT2D eigenvalue weighted by molar-refractivity contribution is 7.80. The minimum absolute atomic E-state index is 0.00902. The van der Waals surface area contributed by atoms with Crippen molar-refractivity contribution in [3.8, 4) is 5.75 Å². The van der Waals surface area contributed by atoms with E-state index in [2.05, 4.69) is 20.8 Å². The predicted octanol–water partition coefficient (Wildman–Crippen LogP) is 1.59. The molecule has 0 atom stereocenters. The molecule has 23 heavy (non-hydrogen) atoms. The molecule has 1 aromatic heterocycles. The lowest BCUT2D eigenvalue weighted by Crippen LogP contribution is -2.31. The topological polar surface area (TPSA) is 89.8 Å². The van der Waals surface area contributed by atoms with Gasteiger partial charge in [-0.15, -0.1) is 0 Å². The molecule has 0 bridgehead atoms. The highest BCUT2D eigenvalue weighted by Crippen LogP contribution is 2.21. The van der Waals surface area contributed by atoms with Gasteiger partial charge in [0, 0.05) is 23.9 Å². The van der Waals surface area contributed by atoms with Crippen molar-refractivity contribution in [1.29, 1.82) is 0 Å². The molecule has 1 heterocycles. The predicted molar refractivity (Wildman–Crippen MR) is 93.2 cm³/mol. The first-order valence-corrected chi connectivity index (χ1v) is 7.41. The Balaban J connectivity index is 1.94. The highest BCUT2D eigenvalue weighted by atomic mass is 32.1. The zero-order chi connectivity index (χ0) is 16.7. The highest BCUT2D eigenvalue weighted by Gasteiger charge is 2.09. The maximum atomic E-state index is 9.99. The number of thiocarbonyl (C=S) groups is 1. The van der Waals surface area contributed by atoms with Crippen LogP contribution in [-0.4, -0.2) is 26.5 Å². The first kappa shape index (κ1) is 16.9. The molecule has 0 aliphatic carbocycles. The largest absolute Gasteiger partial charge is 0.505 e.